The summed E-state index contributed by atoms with van der Waals surface area (Å²) in [6.45, 7) is 4.32. The monoisotopic (exact) mass is 288 g/mol. The fourth-order valence-electron chi connectivity index (χ4n) is 1.61. The van der Waals surface area contributed by atoms with E-state index in [2.05, 4.69) is 35.2 Å². The second kappa shape index (κ2) is 6.33. The highest BCUT2D eigenvalue weighted by Gasteiger charge is 2.14. The van der Waals surface area contributed by atoms with Crippen LogP contribution < -0.4 is 11.3 Å². The van der Waals surface area contributed by atoms with Crippen molar-refractivity contribution in [3.8, 4) is 0 Å². The van der Waals surface area contributed by atoms with Crippen molar-refractivity contribution in [1.82, 2.24) is 5.43 Å². The van der Waals surface area contributed by atoms with Crippen LogP contribution in [0.3, 0.4) is 0 Å². The molecule has 0 radical (unpaired) electrons. The van der Waals surface area contributed by atoms with Gasteiger partial charge in [-0.05, 0) is 42.5 Å². The summed E-state index contributed by atoms with van der Waals surface area (Å²) in [6.07, 6.45) is 1.95. The number of benzene rings is 1. The lowest BCUT2D eigenvalue weighted by Gasteiger charge is -2.18. The summed E-state index contributed by atoms with van der Waals surface area (Å²) in [4.78, 5) is 0. The first-order valence-electron chi connectivity index (χ1n) is 5.45. The van der Waals surface area contributed by atoms with Crippen LogP contribution in [0, 0.1) is 11.7 Å². The van der Waals surface area contributed by atoms with Crippen LogP contribution >= 0.6 is 15.9 Å². The number of rotatable bonds is 5. The highest BCUT2D eigenvalue weighted by Crippen LogP contribution is 2.27. The molecule has 0 saturated heterocycles. The average Bonchev–Trinajstić information content (AvgIpc) is 2.23. The van der Waals surface area contributed by atoms with E-state index in [9.17, 15) is 4.39 Å². The lowest BCUT2D eigenvalue weighted by Crippen LogP contribution is -2.28. The second-order valence-electron chi connectivity index (χ2n) is 4.36. The number of nitrogens with one attached hydrogen (secondary N) is 1. The van der Waals surface area contributed by atoms with E-state index in [4.69, 9.17) is 5.84 Å². The van der Waals surface area contributed by atoms with Gasteiger partial charge in [-0.25, -0.2) is 4.39 Å². The van der Waals surface area contributed by atoms with Gasteiger partial charge >= 0.3 is 0 Å². The largest absolute Gasteiger partial charge is 0.271 e. The molecule has 16 heavy (non-hydrogen) atoms. The topological polar surface area (TPSA) is 38.0 Å². The van der Waals surface area contributed by atoms with Gasteiger partial charge in [0, 0.05) is 10.5 Å². The molecule has 2 nitrogen and oxygen atoms in total. The van der Waals surface area contributed by atoms with E-state index in [1.54, 1.807) is 6.07 Å². The number of hydrogen-bond donors (Lipinski definition) is 2. The third kappa shape index (κ3) is 3.85. The van der Waals surface area contributed by atoms with Crippen molar-refractivity contribution in [2.75, 3.05) is 0 Å². The summed E-state index contributed by atoms with van der Waals surface area (Å²) in [5.41, 5.74) is 3.62. The van der Waals surface area contributed by atoms with Gasteiger partial charge < -0.3 is 0 Å². The zero-order chi connectivity index (χ0) is 12.1. The molecule has 1 rings (SSSR count). The summed E-state index contributed by atoms with van der Waals surface area (Å²) in [6, 6.07) is 4.66. The molecular weight excluding hydrogens is 271 g/mol. The van der Waals surface area contributed by atoms with Gasteiger partial charge in [0.2, 0.25) is 0 Å². The molecule has 0 saturated carbocycles. The van der Waals surface area contributed by atoms with Crippen molar-refractivity contribution in [2.45, 2.75) is 32.7 Å². The van der Waals surface area contributed by atoms with Gasteiger partial charge in [-0.1, -0.05) is 29.8 Å². The molecule has 0 spiro atoms. The third-order valence-electron chi connectivity index (χ3n) is 2.57. The number of nitrogens with two attached hydrogens (primary N) is 1. The first-order chi connectivity index (χ1) is 7.54. The fraction of sp³-hybridized carbons (Fsp3) is 0.500. The van der Waals surface area contributed by atoms with E-state index >= 15 is 0 Å². The molecular formula is C12H18BrFN2. The summed E-state index contributed by atoms with van der Waals surface area (Å²) < 4.78 is 14.0. The van der Waals surface area contributed by atoms with Crippen LogP contribution in [-0.2, 0) is 0 Å². The van der Waals surface area contributed by atoms with Crippen LogP contribution in [0.25, 0.3) is 0 Å². The quantitative estimate of drug-likeness (QED) is 0.643. The Morgan fingerprint density at radius 3 is 2.62 bits per heavy atom. The maximum Gasteiger partial charge on any atom is 0.123 e. The Balaban J connectivity index is 2.81. The molecule has 1 atom stereocenters. The molecule has 4 heteroatoms. The van der Waals surface area contributed by atoms with Crippen LogP contribution in [0.1, 0.15) is 38.3 Å². The molecule has 0 aliphatic carbocycles. The molecule has 0 aliphatic rings. The lowest BCUT2D eigenvalue weighted by molar-refractivity contribution is 0.445. The third-order valence-corrected chi connectivity index (χ3v) is 3.29. The van der Waals surface area contributed by atoms with Crippen LogP contribution in [0.4, 0.5) is 4.39 Å². The average molecular weight is 289 g/mol. The van der Waals surface area contributed by atoms with Crippen molar-refractivity contribution in [3.63, 3.8) is 0 Å². The highest BCUT2D eigenvalue weighted by molar-refractivity contribution is 9.10. The van der Waals surface area contributed by atoms with Crippen molar-refractivity contribution in [1.29, 1.82) is 0 Å². The van der Waals surface area contributed by atoms with Crippen molar-refractivity contribution >= 4 is 15.9 Å². The van der Waals surface area contributed by atoms with Gasteiger partial charge in [-0.2, -0.15) is 0 Å². The van der Waals surface area contributed by atoms with Crippen LogP contribution in [0.5, 0.6) is 0 Å². The van der Waals surface area contributed by atoms with Gasteiger partial charge in [-0.15, -0.1) is 0 Å². The smallest absolute Gasteiger partial charge is 0.123 e. The summed E-state index contributed by atoms with van der Waals surface area (Å²) in [5.74, 6) is 5.90. The van der Waals surface area contributed by atoms with E-state index in [0.29, 0.717) is 5.92 Å². The van der Waals surface area contributed by atoms with Crippen LogP contribution in [0.15, 0.2) is 22.7 Å². The van der Waals surface area contributed by atoms with E-state index < -0.39 is 0 Å². The normalized spacial score (nSPS) is 13.1. The molecule has 1 aromatic carbocycles. The van der Waals surface area contributed by atoms with Crippen molar-refractivity contribution in [3.05, 3.63) is 34.1 Å². The SMILES string of the molecule is CC(C)CCC(NN)c1cc(F)ccc1Br. The summed E-state index contributed by atoms with van der Waals surface area (Å²) in [5, 5.41) is 0. The molecule has 0 fully saturated rings. The van der Waals surface area contributed by atoms with E-state index in [1.807, 2.05) is 0 Å². The Morgan fingerprint density at radius 2 is 2.06 bits per heavy atom. The van der Waals surface area contributed by atoms with Crippen LogP contribution in [0.2, 0.25) is 0 Å². The minimum absolute atomic E-state index is 0.00697. The van der Waals surface area contributed by atoms with Gasteiger partial charge in [0.1, 0.15) is 5.82 Å². The van der Waals surface area contributed by atoms with E-state index in [1.165, 1.54) is 12.1 Å². The molecule has 3 N–H and O–H groups in total. The predicted molar refractivity (Wildman–Crippen MR) is 68.2 cm³/mol. The molecule has 0 amide bonds. The Hall–Kier alpha value is -0.450. The second-order valence-corrected chi connectivity index (χ2v) is 5.21. The maximum absolute atomic E-state index is 13.2. The molecule has 1 unspecified atom stereocenters. The molecule has 0 heterocycles. The minimum atomic E-state index is -0.233. The number of hydrogen-bond acceptors (Lipinski definition) is 2. The Morgan fingerprint density at radius 1 is 1.38 bits per heavy atom. The molecule has 90 valence electrons. The predicted octanol–water partition coefficient (Wildman–Crippen LogP) is 3.53. The maximum atomic E-state index is 13.2. The molecule has 1 aromatic rings. The summed E-state index contributed by atoms with van der Waals surface area (Å²) >= 11 is 3.42. The van der Waals surface area contributed by atoms with Crippen LogP contribution in [-0.4, -0.2) is 0 Å². The van der Waals surface area contributed by atoms with Crippen molar-refractivity contribution in [2.24, 2.45) is 11.8 Å². The first kappa shape index (κ1) is 13.6. The first-order valence-corrected chi connectivity index (χ1v) is 6.25. The Labute approximate surface area is 105 Å². The lowest BCUT2D eigenvalue weighted by atomic mass is 9.98. The fourth-order valence-corrected chi connectivity index (χ4v) is 2.13. The highest BCUT2D eigenvalue weighted by atomic mass is 79.9. The van der Waals surface area contributed by atoms with E-state index in [0.717, 1.165) is 22.9 Å². The minimum Gasteiger partial charge on any atom is -0.271 e. The Kier molecular flexibility index (Phi) is 5.38. The molecule has 0 bridgehead atoms. The molecule has 0 aromatic heterocycles. The van der Waals surface area contributed by atoms with Gasteiger partial charge in [0.25, 0.3) is 0 Å². The van der Waals surface area contributed by atoms with Gasteiger partial charge in [-0.3, -0.25) is 11.3 Å². The number of halogens is 2. The zero-order valence-corrected chi connectivity index (χ0v) is 11.2. The number of hydrazine groups is 1. The van der Waals surface area contributed by atoms with Gasteiger partial charge in [0.15, 0.2) is 0 Å². The molecule has 0 aliphatic heterocycles. The Bertz CT molecular complexity index is 342. The van der Waals surface area contributed by atoms with E-state index in [-0.39, 0.29) is 11.9 Å². The van der Waals surface area contributed by atoms with Crippen molar-refractivity contribution < 1.29 is 4.39 Å². The zero-order valence-electron chi connectivity index (χ0n) is 9.63. The van der Waals surface area contributed by atoms with Gasteiger partial charge in [0.05, 0.1) is 0 Å². The summed E-state index contributed by atoms with van der Waals surface area (Å²) in [7, 11) is 0. The standard InChI is InChI=1S/C12H18BrFN2/c1-8(2)3-6-12(16-15)10-7-9(14)4-5-11(10)13/h4-5,7-8,12,16H,3,6,15H2,1-2H3.